The highest BCUT2D eigenvalue weighted by Crippen LogP contribution is 2.39. The van der Waals surface area contributed by atoms with Crippen LogP contribution in [0.3, 0.4) is 0 Å². The first-order valence-electron chi connectivity index (χ1n) is 7.49. The molecule has 2 aliphatic rings. The third-order valence-electron chi connectivity index (χ3n) is 3.98. The molecule has 1 aliphatic carbocycles. The summed E-state index contributed by atoms with van der Waals surface area (Å²) < 4.78 is 12.0. The normalized spacial score (nSPS) is 32.8. The molecule has 1 spiro atoms. The Bertz CT molecular complexity index is 379. The van der Waals surface area contributed by atoms with Gasteiger partial charge in [0.1, 0.15) is 6.10 Å². The Morgan fingerprint density at radius 3 is 2.71 bits per heavy atom. The highest BCUT2D eigenvalue weighted by Gasteiger charge is 2.43. The van der Waals surface area contributed by atoms with Gasteiger partial charge >= 0.3 is 0 Å². The Balaban J connectivity index is 0.00000220. The molecule has 2 fully saturated rings. The molecule has 1 saturated carbocycles. The van der Waals surface area contributed by atoms with Gasteiger partial charge in [-0.05, 0) is 25.7 Å². The van der Waals surface area contributed by atoms with E-state index in [1.165, 1.54) is 12.8 Å². The standard InChI is InChI=1S/C15H27N3O2.HI/c1-11(2)8-17-14(16)18-9-13-10-19-15(20-13)6-4-12(3)5-7-15;/h12-13H,1,4-10H2,2-3H3,(H3,16,17,18);1H. The Hall–Kier alpha value is -0.340. The quantitative estimate of drug-likeness (QED) is 0.324. The summed E-state index contributed by atoms with van der Waals surface area (Å²) in [6, 6.07) is 0. The summed E-state index contributed by atoms with van der Waals surface area (Å²) >= 11 is 0. The van der Waals surface area contributed by atoms with Crippen molar-refractivity contribution in [2.24, 2.45) is 16.6 Å². The largest absolute Gasteiger partial charge is 0.370 e. The molecule has 6 heteroatoms. The van der Waals surface area contributed by atoms with E-state index in [-0.39, 0.29) is 35.9 Å². The Kier molecular flexibility index (Phi) is 7.42. The monoisotopic (exact) mass is 409 g/mol. The SMILES string of the molecule is C=C(C)CN=C(N)NCC1COC2(CCC(C)CC2)O1.I. The third kappa shape index (κ3) is 5.75. The third-order valence-corrected chi connectivity index (χ3v) is 3.98. The molecule has 0 aromatic heterocycles. The number of guanidine groups is 1. The fourth-order valence-electron chi connectivity index (χ4n) is 2.68. The number of halogens is 1. The van der Waals surface area contributed by atoms with Crippen LogP contribution in [0.1, 0.15) is 39.5 Å². The van der Waals surface area contributed by atoms with Crippen molar-refractivity contribution in [2.45, 2.75) is 51.4 Å². The van der Waals surface area contributed by atoms with Crippen molar-refractivity contribution in [2.75, 3.05) is 19.7 Å². The topological polar surface area (TPSA) is 68.9 Å². The minimum absolute atomic E-state index is 0. The average Bonchev–Trinajstić information content (AvgIpc) is 2.81. The number of hydrogen-bond acceptors (Lipinski definition) is 3. The first-order chi connectivity index (χ1) is 9.49. The van der Waals surface area contributed by atoms with Crippen molar-refractivity contribution in [3.63, 3.8) is 0 Å². The summed E-state index contributed by atoms with van der Waals surface area (Å²) in [5.41, 5.74) is 6.78. The molecule has 3 N–H and O–H groups in total. The number of aliphatic imine (C=N–C) groups is 1. The fourth-order valence-corrected chi connectivity index (χ4v) is 2.68. The van der Waals surface area contributed by atoms with Crippen molar-refractivity contribution in [3.8, 4) is 0 Å². The summed E-state index contributed by atoms with van der Waals surface area (Å²) in [5, 5.41) is 3.09. The minimum atomic E-state index is -0.331. The zero-order valence-corrected chi connectivity index (χ0v) is 15.4. The van der Waals surface area contributed by atoms with E-state index in [4.69, 9.17) is 15.2 Å². The number of nitrogens with zero attached hydrogens (tertiary/aromatic N) is 1. The maximum atomic E-state index is 6.10. The lowest BCUT2D eigenvalue weighted by atomic mass is 9.86. The number of hydrogen-bond donors (Lipinski definition) is 2. The smallest absolute Gasteiger partial charge is 0.188 e. The molecule has 21 heavy (non-hydrogen) atoms. The molecule has 1 saturated heterocycles. The molecule has 2 rings (SSSR count). The summed E-state index contributed by atoms with van der Waals surface area (Å²) in [4.78, 5) is 4.19. The molecule has 0 radical (unpaired) electrons. The first-order valence-corrected chi connectivity index (χ1v) is 7.49. The van der Waals surface area contributed by atoms with Gasteiger partial charge in [-0.2, -0.15) is 0 Å². The molecule has 0 amide bonds. The highest BCUT2D eigenvalue weighted by atomic mass is 127. The predicted octanol–water partition coefficient (Wildman–Crippen LogP) is 2.41. The maximum absolute atomic E-state index is 6.10. The van der Waals surface area contributed by atoms with Crippen LogP contribution >= 0.6 is 24.0 Å². The molecular weight excluding hydrogens is 381 g/mol. The van der Waals surface area contributed by atoms with Crippen LogP contribution in [0.5, 0.6) is 0 Å². The van der Waals surface area contributed by atoms with Gasteiger partial charge in [0, 0.05) is 19.4 Å². The van der Waals surface area contributed by atoms with E-state index in [9.17, 15) is 0 Å². The van der Waals surface area contributed by atoms with Gasteiger partial charge in [0.15, 0.2) is 11.7 Å². The van der Waals surface area contributed by atoms with Crippen molar-refractivity contribution in [3.05, 3.63) is 12.2 Å². The molecule has 1 unspecified atom stereocenters. The average molecular weight is 409 g/mol. The number of ether oxygens (including phenoxy) is 2. The van der Waals surface area contributed by atoms with E-state index < -0.39 is 0 Å². The number of rotatable bonds is 4. The van der Waals surface area contributed by atoms with Crippen LogP contribution in [0.4, 0.5) is 0 Å². The lowest BCUT2D eigenvalue weighted by Crippen LogP contribution is -2.40. The van der Waals surface area contributed by atoms with Crippen LogP contribution < -0.4 is 11.1 Å². The summed E-state index contributed by atoms with van der Waals surface area (Å²) in [6.45, 7) is 9.85. The zero-order chi connectivity index (χ0) is 14.6. The van der Waals surface area contributed by atoms with E-state index in [1.807, 2.05) is 6.92 Å². The zero-order valence-electron chi connectivity index (χ0n) is 13.1. The molecule has 1 aliphatic heterocycles. The van der Waals surface area contributed by atoms with E-state index in [0.717, 1.165) is 24.3 Å². The lowest BCUT2D eigenvalue weighted by Gasteiger charge is -2.34. The predicted molar refractivity (Wildman–Crippen MR) is 95.9 cm³/mol. The van der Waals surface area contributed by atoms with Gasteiger partial charge in [0.25, 0.3) is 0 Å². The molecule has 1 heterocycles. The second kappa shape index (κ2) is 8.33. The van der Waals surface area contributed by atoms with Gasteiger partial charge in [-0.15, -0.1) is 24.0 Å². The highest BCUT2D eigenvalue weighted by molar-refractivity contribution is 14.0. The molecule has 0 bridgehead atoms. The summed E-state index contributed by atoms with van der Waals surface area (Å²) in [7, 11) is 0. The minimum Gasteiger partial charge on any atom is -0.370 e. The van der Waals surface area contributed by atoms with Crippen molar-refractivity contribution in [1.29, 1.82) is 0 Å². The van der Waals surface area contributed by atoms with Gasteiger partial charge < -0.3 is 20.5 Å². The van der Waals surface area contributed by atoms with Gasteiger partial charge in [0.2, 0.25) is 0 Å². The van der Waals surface area contributed by atoms with Crippen LogP contribution in [0, 0.1) is 5.92 Å². The summed E-state index contributed by atoms with van der Waals surface area (Å²) in [6.07, 6.45) is 4.43. The Morgan fingerprint density at radius 1 is 1.43 bits per heavy atom. The van der Waals surface area contributed by atoms with Crippen LogP contribution in [0.15, 0.2) is 17.1 Å². The molecule has 1 atom stereocenters. The van der Waals surface area contributed by atoms with Gasteiger partial charge in [0.05, 0.1) is 13.2 Å². The van der Waals surface area contributed by atoms with Gasteiger partial charge in [-0.25, -0.2) is 4.99 Å². The molecule has 0 aromatic rings. The van der Waals surface area contributed by atoms with Crippen LogP contribution in [-0.4, -0.2) is 37.5 Å². The molecule has 122 valence electrons. The number of nitrogens with two attached hydrogens (primary N) is 1. The van der Waals surface area contributed by atoms with Crippen molar-refractivity contribution in [1.82, 2.24) is 5.32 Å². The van der Waals surface area contributed by atoms with E-state index in [1.54, 1.807) is 0 Å². The second-order valence-electron chi connectivity index (χ2n) is 6.18. The Morgan fingerprint density at radius 2 is 2.10 bits per heavy atom. The summed E-state index contributed by atoms with van der Waals surface area (Å²) in [5.74, 6) is 0.896. The second-order valence-corrected chi connectivity index (χ2v) is 6.18. The van der Waals surface area contributed by atoms with Crippen molar-refractivity contribution < 1.29 is 9.47 Å². The maximum Gasteiger partial charge on any atom is 0.188 e. The Labute approximate surface area is 144 Å². The van der Waals surface area contributed by atoms with Gasteiger partial charge in [-0.3, -0.25) is 0 Å². The van der Waals surface area contributed by atoms with Gasteiger partial charge in [-0.1, -0.05) is 19.1 Å². The van der Waals surface area contributed by atoms with Crippen molar-refractivity contribution >= 4 is 29.9 Å². The van der Waals surface area contributed by atoms with Crippen LogP contribution in [0.25, 0.3) is 0 Å². The first kappa shape index (κ1) is 18.7. The van der Waals surface area contributed by atoms with E-state index >= 15 is 0 Å². The fraction of sp³-hybridized carbons (Fsp3) is 0.800. The lowest BCUT2D eigenvalue weighted by molar-refractivity contribution is -0.191. The van der Waals surface area contributed by atoms with E-state index in [0.29, 0.717) is 25.7 Å². The number of nitrogens with one attached hydrogen (secondary N) is 1. The van der Waals surface area contributed by atoms with E-state index in [2.05, 4.69) is 23.8 Å². The molecule has 0 aromatic carbocycles. The van der Waals surface area contributed by atoms with Crippen LogP contribution in [0.2, 0.25) is 0 Å². The molecular formula is C15H28IN3O2. The molecule has 5 nitrogen and oxygen atoms in total. The van der Waals surface area contributed by atoms with Crippen LogP contribution in [-0.2, 0) is 9.47 Å².